The molecule has 0 saturated carbocycles. The van der Waals surface area contributed by atoms with Gasteiger partial charge >= 0.3 is 6.03 Å². The predicted molar refractivity (Wildman–Crippen MR) is 112 cm³/mol. The van der Waals surface area contributed by atoms with Gasteiger partial charge in [-0.3, -0.25) is 10.1 Å². The molecule has 1 heterocycles. The molecule has 0 atom stereocenters. The zero-order chi connectivity index (χ0) is 19.2. The van der Waals surface area contributed by atoms with Crippen LogP contribution in [0.25, 0.3) is 0 Å². The number of carbonyl (C=O) groups is 2. The molecule has 0 spiro atoms. The van der Waals surface area contributed by atoms with E-state index in [2.05, 4.69) is 36.9 Å². The highest BCUT2D eigenvalue weighted by Crippen LogP contribution is 2.21. The highest BCUT2D eigenvalue weighted by Gasteiger charge is 2.11. The number of halogens is 1. The number of hydrogen-bond donors (Lipinski definition) is 3. The molecular weight excluding hydrogens is 428 g/mol. The maximum Gasteiger partial charge on any atom is 0.325 e. The van der Waals surface area contributed by atoms with Crippen LogP contribution in [0.5, 0.6) is 0 Å². The van der Waals surface area contributed by atoms with E-state index in [0.29, 0.717) is 16.5 Å². The lowest BCUT2D eigenvalue weighted by Gasteiger charge is -2.06. The Morgan fingerprint density at radius 2 is 1.81 bits per heavy atom. The van der Waals surface area contributed by atoms with Crippen molar-refractivity contribution in [1.82, 2.24) is 4.98 Å². The average molecular weight is 445 g/mol. The second kappa shape index (κ2) is 8.79. The molecular formula is C19H17BrN4O2S. The predicted octanol–water partition coefficient (Wildman–Crippen LogP) is 5.04. The summed E-state index contributed by atoms with van der Waals surface area (Å²) >= 11 is 4.70. The Hall–Kier alpha value is -2.71. The minimum absolute atomic E-state index is 0.133. The van der Waals surface area contributed by atoms with Gasteiger partial charge in [0.05, 0.1) is 12.1 Å². The van der Waals surface area contributed by atoms with Crippen molar-refractivity contribution in [2.75, 3.05) is 16.0 Å². The van der Waals surface area contributed by atoms with Crippen LogP contribution in [0.2, 0.25) is 0 Å². The molecule has 0 saturated heterocycles. The molecule has 0 radical (unpaired) electrons. The summed E-state index contributed by atoms with van der Waals surface area (Å²) < 4.78 is 0.990. The molecule has 3 amide bonds. The largest absolute Gasteiger partial charge is 0.326 e. The Bertz CT molecular complexity index is 959. The number of nitrogens with zero attached hydrogens (tertiary/aromatic N) is 1. The number of para-hydroxylation sites is 1. The average Bonchev–Trinajstić information content (AvgIpc) is 3.05. The highest BCUT2D eigenvalue weighted by molar-refractivity contribution is 9.10. The number of nitrogens with one attached hydrogen (secondary N) is 3. The first kappa shape index (κ1) is 19.1. The number of thiazole rings is 1. The van der Waals surface area contributed by atoms with Gasteiger partial charge in [-0.15, -0.1) is 11.3 Å². The summed E-state index contributed by atoms with van der Waals surface area (Å²) in [5, 5.41) is 10.4. The maximum absolute atomic E-state index is 12.2. The normalized spacial score (nSPS) is 10.3. The van der Waals surface area contributed by atoms with Crippen molar-refractivity contribution < 1.29 is 9.59 Å². The number of aryl methyl sites for hydroxylation is 1. The molecule has 6 nitrogen and oxygen atoms in total. The number of aromatic nitrogens is 1. The molecule has 0 bridgehead atoms. The Balaban J connectivity index is 1.53. The summed E-state index contributed by atoms with van der Waals surface area (Å²) in [6, 6.07) is 14.4. The molecule has 27 heavy (non-hydrogen) atoms. The van der Waals surface area contributed by atoms with Gasteiger partial charge in [0.15, 0.2) is 5.13 Å². The fourth-order valence-electron chi connectivity index (χ4n) is 2.32. The van der Waals surface area contributed by atoms with Gasteiger partial charge in [-0.25, -0.2) is 9.78 Å². The number of amides is 3. The van der Waals surface area contributed by atoms with Gasteiger partial charge < -0.3 is 10.6 Å². The first-order valence-corrected chi connectivity index (χ1v) is 9.80. The molecule has 138 valence electrons. The number of anilines is 3. The molecule has 3 N–H and O–H groups in total. The minimum Gasteiger partial charge on any atom is -0.326 e. The highest BCUT2D eigenvalue weighted by atomic mass is 79.9. The Labute approximate surface area is 169 Å². The van der Waals surface area contributed by atoms with Gasteiger partial charge in [-0.2, -0.15) is 0 Å². The molecule has 0 fully saturated rings. The third-order valence-electron chi connectivity index (χ3n) is 3.59. The van der Waals surface area contributed by atoms with Crippen LogP contribution in [0.4, 0.5) is 21.3 Å². The molecule has 0 aliphatic heterocycles. The van der Waals surface area contributed by atoms with E-state index in [9.17, 15) is 9.59 Å². The van der Waals surface area contributed by atoms with Crippen LogP contribution in [-0.4, -0.2) is 16.9 Å². The van der Waals surface area contributed by atoms with Crippen molar-refractivity contribution in [2.24, 2.45) is 0 Å². The maximum atomic E-state index is 12.2. The van der Waals surface area contributed by atoms with Crippen LogP contribution < -0.4 is 16.0 Å². The van der Waals surface area contributed by atoms with Crippen molar-refractivity contribution in [3.63, 3.8) is 0 Å². The van der Waals surface area contributed by atoms with Crippen LogP contribution >= 0.6 is 27.3 Å². The minimum atomic E-state index is -0.378. The van der Waals surface area contributed by atoms with E-state index < -0.39 is 0 Å². The van der Waals surface area contributed by atoms with Crippen molar-refractivity contribution in [2.45, 2.75) is 13.3 Å². The third kappa shape index (κ3) is 5.63. The number of carbonyl (C=O) groups excluding carboxylic acids is 2. The first-order chi connectivity index (χ1) is 13.0. The quantitative estimate of drug-likeness (QED) is 0.515. The summed E-state index contributed by atoms with van der Waals surface area (Å²) in [6.45, 7) is 1.96. The summed E-state index contributed by atoms with van der Waals surface area (Å²) in [7, 11) is 0. The van der Waals surface area contributed by atoms with Gasteiger partial charge in [-0.1, -0.05) is 34.1 Å². The molecule has 0 aliphatic carbocycles. The van der Waals surface area contributed by atoms with Gasteiger partial charge in [0, 0.05) is 21.2 Å². The summed E-state index contributed by atoms with van der Waals surface area (Å²) in [4.78, 5) is 28.5. The summed E-state index contributed by atoms with van der Waals surface area (Å²) in [5.41, 5.74) is 3.06. The number of hydrogen-bond acceptors (Lipinski definition) is 4. The molecule has 1 aromatic heterocycles. The standard InChI is InChI=1S/C19H17BrN4O2S/c1-12-9-14(7-8-16(12)20)21-17(25)10-15-11-27-19(23-15)24-18(26)22-13-5-3-2-4-6-13/h2-9,11H,10H2,1H3,(H,21,25)(H2,22,23,24,26). The van der Waals surface area contributed by atoms with Gasteiger partial charge in [0.2, 0.25) is 5.91 Å². The van der Waals surface area contributed by atoms with Gasteiger partial charge in [0.25, 0.3) is 0 Å². The molecule has 0 aliphatic rings. The summed E-state index contributed by atoms with van der Waals surface area (Å²) in [5.74, 6) is -0.165. The van der Waals surface area contributed by atoms with E-state index in [1.165, 1.54) is 11.3 Å². The van der Waals surface area contributed by atoms with E-state index in [0.717, 1.165) is 15.7 Å². The zero-order valence-electron chi connectivity index (χ0n) is 14.5. The van der Waals surface area contributed by atoms with E-state index in [4.69, 9.17) is 0 Å². The number of rotatable bonds is 5. The lowest BCUT2D eigenvalue weighted by molar-refractivity contribution is -0.115. The van der Waals surface area contributed by atoms with E-state index in [1.54, 1.807) is 17.5 Å². The SMILES string of the molecule is Cc1cc(NC(=O)Cc2csc(NC(=O)Nc3ccccc3)n2)ccc1Br. The van der Waals surface area contributed by atoms with Crippen LogP contribution in [0.1, 0.15) is 11.3 Å². The van der Waals surface area contributed by atoms with Gasteiger partial charge in [0.1, 0.15) is 0 Å². The molecule has 8 heteroatoms. The van der Waals surface area contributed by atoms with E-state index in [1.807, 2.05) is 43.3 Å². The number of urea groups is 1. The topological polar surface area (TPSA) is 83.1 Å². The first-order valence-electron chi connectivity index (χ1n) is 8.13. The monoisotopic (exact) mass is 444 g/mol. The van der Waals surface area contributed by atoms with E-state index >= 15 is 0 Å². The van der Waals surface area contributed by atoms with Crippen molar-refractivity contribution in [3.05, 3.63) is 69.6 Å². The van der Waals surface area contributed by atoms with Crippen LogP contribution in [0.3, 0.4) is 0 Å². The van der Waals surface area contributed by atoms with Crippen LogP contribution in [-0.2, 0) is 11.2 Å². The smallest absolute Gasteiger partial charge is 0.325 e. The van der Waals surface area contributed by atoms with Crippen molar-refractivity contribution in [3.8, 4) is 0 Å². The van der Waals surface area contributed by atoms with E-state index in [-0.39, 0.29) is 18.4 Å². The zero-order valence-corrected chi connectivity index (χ0v) is 16.9. The number of benzene rings is 2. The Morgan fingerprint density at radius 1 is 1.04 bits per heavy atom. The molecule has 0 unspecified atom stereocenters. The lowest BCUT2D eigenvalue weighted by Crippen LogP contribution is -2.19. The Kier molecular flexibility index (Phi) is 6.20. The van der Waals surface area contributed by atoms with Crippen molar-refractivity contribution in [1.29, 1.82) is 0 Å². The Morgan fingerprint density at radius 3 is 2.56 bits per heavy atom. The molecule has 2 aromatic carbocycles. The fourth-order valence-corrected chi connectivity index (χ4v) is 3.27. The van der Waals surface area contributed by atoms with Crippen molar-refractivity contribution >= 4 is 55.7 Å². The summed E-state index contributed by atoms with van der Waals surface area (Å²) in [6.07, 6.45) is 0.133. The van der Waals surface area contributed by atoms with Crippen LogP contribution in [0.15, 0.2) is 58.4 Å². The molecule has 3 aromatic rings. The second-order valence-corrected chi connectivity index (χ2v) is 7.49. The third-order valence-corrected chi connectivity index (χ3v) is 5.28. The lowest BCUT2D eigenvalue weighted by atomic mass is 10.2. The second-order valence-electron chi connectivity index (χ2n) is 5.78. The van der Waals surface area contributed by atoms with Gasteiger partial charge in [-0.05, 0) is 42.8 Å². The molecule has 3 rings (SSSR count). The van der Waals surface area contributed by atoms with Crippen LogP contribution in [0, 0.1) is 6.92 Å². The fraction of sp³-hybridized carbons (Fsp3) is 0.105.